The van der Waals surface area contributed by atoms with Gasteiger partial charge in [-0.1, -0.05) is 12.1 Å². The third kappa shape index (κ3) is 3.89. The van der Waals surface area contributed by atoms with Crippen LogP contribution in [-0.4, -0.2) is 122 Å². The quantitative estimate of drug-likeness (QED) is 0.346. The van der Waals surface area contributed by atoms with E-state index in [4.69, 9.17) is 33.2 Å². The zero-order chi connectivity index (χ0) is 24.2. The maximum absolute atomic E-state index is 11.7. The summed E-state index contributed by atoms with van der Waals surface area (Å²) in [6.07, 6.45) is -4.91. The highest BCUT2D eigenvalue weighted by atomic mass is 16.7. The lowest BCUT2D eigenvalue weighted by Gasteiger charge is -2.41. The van der Waals surface area contributed by atoms with Crippen molar-refractivity contribution in [3.63, 3.8) is 0 Å². The van der Waals surface area contributed by atoms with Crippen LogP contribution in [0.15, 0.2) is 24.3 Å². The summed E-state index contributed by atoms with van der Waals surface area (Å²) in [5, 5.41) is 35.8. The maximum Gasteiger partial charge on any atom is 0.178 e. The van der Waals surface area contributed by atoms with Gasteiger partial charge in [0.1, 0.15) is 66.8 Å². The molecule has 5 aliphatic heterocycles. The zero-order valence-corrected chi connectivity index (χ0v) is 19.6. The minimum Gasteiger partial charge on any atom is -0.491 e. The summed E-state index contributed by atoms with van der Waals surface area (Å²) in [7, 11) is 1.68. The molecule has 0 radical (unpaired) electrons. The summed E-state index contributed by atoms with van der Waals surface area (Å²) in [5.74, 6) is 0.722. The van der Waals surface area contributed by atoms with Crippen LogP contribution in [0.3, 0.4) is 0 Å². The molecule has 194 valence electrons. The number of hydrogen-bond donors (Lipinski definition) is 4. The Balaban J connectivity index is 1.17. The van der Waals surface area contributed by atoms with E-state index >= 15 is 0 Å². The smallest absolute Gasteiger partial charge is 0.178 e. The van der Waals surface area contributed by atoms with Crippen LogP contribution in [0.1, 0.15) is 5.56 Å². The topological polar surface area (TPSA) is 137 Å². The van der Waals surface area contributed by atoms with Crippen molar-refractivity contribution < 1.29 is 48.5 Å². The van der Waals surface area contributed by atoms with Crippen LogP contribution in [0.5, 0.6) is 5.75 Å². The Morgan fingerprint density at radius 2 is 1.77 bits per heavy atom. The van der Waals surface area contributed by atoms with Crippen LogP contribution < -0.4 is 10.1 Å². The molecule has 10 atom stereocenters. The number of aliphatic hydroxyl groups excluding tert-OH is 2. The molecule has 11 nitrogen and oxygen atoms in total. The molecule has 0 aliphatic carbocycles. The van der Waals surface area contributed by atoms with Crippen molar-refractivity contribution in [3.8, 4) is 5.75 Å². The summed E-state index contributed by atoms with van der Waals surface area (Å²) in [6, 6.07) is 7.84. The summed E-state index contributed by atoms with van der Waals surface area (Å²) in [5.41, 5.74) is -1.67. The third-order valence-electron chi connectivity index (χ3n) is 7.73. The van der Waals surface area contributed by atoms with Gasteiger partial charge >= 0.3 is 0 Å². The maximum atomic E-state index is 11.7. The Morgan fingerprint density at radius 1 is 1.03 bits per heavy atom. The molecule has 1 spiro atoms. The van der Waals surface area contributed by atoms with Crippen molar-refractivity contribution in [1.82, 2.24) is 5.32 Å². The van der Waals surface area contributed by atoms with Gasteiger partial charge in [-0.05, 0) is 24.1 Å². The standard InChI is InChI=1S/C24H33NO10/c1-29-7-6-13-2-4-14(5-3-13)30-9-15-8-25-24(35-15)21-19(17(27)11-32-21)34-22(24)23(28)12-33-18-16(26)10-31-20(18)23/h2-5,15-22,25-28H,6-12H2,1H3/t15-,16-,17-,18-,19-,20+,21+,22-,23-,24-/m1/s1. The van der Waals surface area contributed by atoms with Gasteiger partial charge in [-0.3, -0.25) is 5.32 Å². The fraction of sp³-hybridized carbons (Fsp3) is 0.750. The van der Waals surface area contributed by atoms with Gasteiger partial charge in [-0.25, -0.2) is 0 Å². The molecule has 5 aliphatic rings. The normalized spacial score (nSPS) is 46.4. The van der Waals surface area contributed by atoms with Crippen molar-refractivity contribution >= 4 is 0 Å². The van der Waals surface area contributed by atoms with E-state index in [0.717, 1.165) is 17.7 Å². The molecule has 5 fully saturated rings. The predicted octanol–water partition coefficient (Wildman–Crippen LogP) is -1.64. The van der Waals surface area contributed by atoms with Crippen molar-refractivity contribution in [2.45, 2.75) is 66.6 Å². The van der Waals surface area contributed by atoms with E-state index in [1.807, 2.05) is 24.3 Å². The molecule has 6 rings (SSSR count). The number of fused-ring (bicyclic) bond motifs is 3. The van der Waals surface area contributed by atoms with Gasteiger partial charge in [-0.2, -0.15) is 0 Å². The highest BCUT2D eigenvalue weighted by Gasteiger charge is 2.74. The first-order valence-electron chi connectivity index (χ1n) is 12.2. The van der Waals surface area contributed by atoms with Crippen molar-refractivity contribution in [1.29, 1.82) is 0 Å². The molecular formula is C24H33NO10. The first-order valence-corrected chi connectivity index (χ1v) is 12.2. The monoisotopic (exact) mass is 495 g/mol. The van der Waals surface area contributed by atoms with E-state index in [1.54, 1.807) is 7.11 Å². The van der Waals surface area contributed by atoms with Gasteiger partial charge < -0.3 is 48.5 Å². The fourth-order valence-corrected chi connectivity index (χ4v) is 5.99. The molecule has 0 bridgehead atoms. The highest BCUT2D eigenvalue weighted by Crippen LogP contribution is 2.50. The summed E-state index contributed by atoms with van der Waals surface area (Å²) >= 11 is 0. The van der Waals surface area contributed by atoms with Gasteiger partial charge in [0.25, 0.3) is 0 Å². The Labute approximate surface area is 203 Å². The lowest BCUT2D eigenvalue weighted by Crippen LogP contribution is -2.67. The van der Waals surface area contributed by atoms with E-state index in [1.165, 1.54) is 0 Å². The minimum atomic E-state index is -1.60. The molecule has 1 aromatic rings. The highest BCUT2D eigenvalue weighted by molar-refractivity contribution is 5.27. The number of hydrogen-bond acceptors (Lipinski definition) is 11. The van der Waals surface area contributed by atoms with Gasteiger partial charge in [0.15, 0.2) is 5.72 Å². The van der Waals surface area contributed by atoms with E-state index < -0.39 is 54.1 Å². The van der Waals surface area contributed by atoms with Crippen molar-refractivity contribution in [2.75, 3.05) is 46.7 Å². The second-order valence-electron chi connectivity index (χ2n) is 10.0. The van der Waals surface area contributed by atoms with Crippen LogP contribution in [-0.2, 0) is 34.8 Å². The molecule has 5 saturated heterocycles. The Bertz CT molecular complexity index is 903. The second-order valence-corrected chi connectivity index (χ2v) is 10.0. The molecule has 0 amide bonds. The summed E-state index contributed by atoms with van der Waals surface area (Å²) < 4.78 is 41.1. The molecule has 0 aromatic heterocycles. The minimum absolute atomic E-state index is 0.0678. The van der Waals surface area contributed by atoms with Crippen molar-refractivity contribution in [3.05, 3.63) is 29.8 Å². The zero-order valence-electron chi connectivity index (χ0n) is 19.6. The second kappa shape index (κ2) is 9.18. The lowest BCUT2D eigenvalue weighted by atomic mass is 9.83. The number of ether oxygens (including phenoxy) is 7. The number of benzene rings is 1. The molecule has 4 N–H and O–H groups in total. The Kier molecular flexibility index (Phi) is 6.29. The summed E-state index contributed by atoms with van der Waals surface area (Å²) in [4.78, 5) is 0. The number of aliphatic hydroxyl groups is 3. The largest absolute Gasteiger partial charge is 0.491 e. The average molecular weight is 496 g/mol. The van der Waals surface area contributed by atoms with Gasteiger partial charge in [0, 0.05) is 13.7 Å². The molecule has 5 heterocycles. The molecule has 1 aromatic carbocycles. The van der Waals surface area contributed by atoms with E-state index in [9.17, 15) is 15.3 Å². The van der Waals surface area contributed by atoms with Gasteiger partial charge in [-0.15, -0.1) is 0 Å². The van der Waals surface area contributed by atoms with Gasteiger partial charge in [0.2, 0.25) is 0 Å². The molecule has 0 saturated carbocycles. The van der Waals surface area contributed by atoms with E-state index in [-0.39, 0.29) is 32.5 Å². The van der Waals surface area contributed by atoms with E-state index in [0.29, 0.717) is 13.2 Å². The number of methoxy groups -OCH3 is 1. The molecular weight excluding hydrogens is 462 g/mol. The summed E-state index contributed by atoms with van der Waals surface area (Å²) in [6.45, 7) is 1.45. The SMILES string of the molecule is COCCc1ccc(OC[C@H]2CN[C@]3(O2)[C@@H]([C@@]2(O)CO[C@@H]4[C@H](O)CO[C@@H]42)O[C@@H]2[C@H](O)CO[C@@H]23)cc1. The molecule has 0 unspecified atom stereocenters. The van der Waals surface area contributed by atoms with Crippen LogP contribution in [0.25, 0.3) is 0 Å². The van der Waals surface area contributed by atoms with Crippen LogP contribution >= 0.6 is 0 Å². The van der Waals surface area contributed by atoms with Crippen LogP contribution in [0.4, 0.5) is 0 Å². The average Bonchev–Trinajstić information content (AvgIpc) is 3.66. The molecule has 11 heteroatoms. The fourth-order valence-electron chi connectivity index (χ4n) is 5.99. The number of nitrogens with one attached hydrogen (secondary N) is 1. The lowest BCUT2D eigenvalue weighted by molar-refractivity contribution is -0.224. The van der Waals surface area contributed by atoms with E-state index in [2.05, 4.69) is 5.32 Å². The van der Waals surface area contributed by atoms with Gasteiger partial charge in [0.05, 0.1) is 26.4 Å². The van der Waals surface area contributed by atoms with Crippen LogP contribution in [0.2, 0.25) is 0 Å². The van der Waals surface area contributed by atoms with Crippen molar-refractivity contribution in [2.24, 2.45) is 0 Å². The first-order chi connectivity index (χ1) is 16.9. The Morgan fingerprint density at radius 3 is 2.54 bits per heavy atom. The molecule has 35 heavy (non-hydrogen) atoms. The Hall–Kier alpha value is -1.38. The van der Waals surface area contributed by atoms with Crippen LogP contribution in [0, 0.1) is 0 Å². The number of rotatable bonds is 7. The third-order valence-corrected chi connectivity index (χ3v) is 7.73. The first kappa shape index (κ1) is 24.0. The predicted molar refractivity (Wildman–Crippen MR) is 118 cm³/mol.